The molecule has 2 aliphatic rings. The van der Waals surface area contributed by atoms with Crippen LogP contribution in [0.3, 0.4) is 0 Å². The summed E-state index contributed by atoms with van der Waals surface area (Å²) in [5, 5.41) is 2.97. The Balaban J connectivity index is 2.10. The molecule has 4 unspecified atom stereocenters. The second-order valence-corrected chi connectivity index (χ2v) is 6.46. The van der Waals surface area contributed by atoms with Crippen LogP contribution in [0.2, 0.25) is 0 Å². The third-order valence-corrected chi connectivity index (χ3v) is 4.85. The van der Waals surface area contributed by atoms with E-state index in [0.29, 0.717) is 6.61 Å². The van der Waals surface area contributed by atoms with E-state index in [4.69, 9.17) is 15.2 Å². The van der Waals surface area contributed by atoms with Crippen LogP contribution in [0, 0.1) is 11.3 Å². The van der Waals surface area contributed by atoms with Gasteiger partial charge in [-0.1, -0.05) is 13.8 Å². The fraction of sp³-hybridized carbons (Fsp3) is 0.929. The average molecular weight is 270 g/mol. The fourth-order valence-electron chi connectivity index (χ4n) is 3.67. The second-order valence-electron chi connectivity index (χ2n) is 6.46. The molecule has 5 nitrogen and oxygen atoms in total. The van der Waals surface area contributed by atoms with Crippen molar-refractivity contribution in [2.24, 2.45) is 17.1 Å². The monoisotopic (exact) mass is 270 g/mol. The van der Waals surface area contributed by atoms with E-state index in [-0.39, 0.29) is 29.4 Å². The summed E-state index contributed by atoms with van der Waals surface area (Å²) in [7, 11) is 1.62. The Labute approximate surface area is 115 Å². The van der Waals surface area contributed by atoms with E-state index in [1.165, 1.54) is 0 Å². The molecular weight excluding hydrogens is 244 g/mol. The minimum absolute atomic E-state index is 0.0303. The number of fused-ring (bicyclic) bond motifs is 1. The summed E-state index contributed by atoms with van der Waals surface area (Å²) >= 11 is 0. The number of amides is 1. The molecule has 1 saturated heterocycles. The number of ether oxygens (including phenoxy) is 2. The van der Waals surface area contributed by atoms with E-state index in [0.717, 1.165) is 19.4 Å². The third-order valence-electron chi connectivity index (χ3n) is 4.85. The first-order chi connectivity index (χ1) is 8.85. The number of hydrogen-bond acceptors (Lipinski definition) is 4. The molecule has 2 rings (SSSR count). The van der Waals surface area contributed by atoms with E-state index in [1.54, 1.807) is 7.11 Å². The number of carbonyl (C=O) groups is 1. The van der Waals surface area contributed by atoms with Gasteiger partial charge in [0, 0.05) is 31.1 Å². The van der Waals surface area contributed by atoms with Gasteiger partial charge >= 0.3 is 0 Å². The Bertz CT molecular complexity index is 359. The first-order valence-electron chi connectivity index (χ1n) is 7.06. The molecule has 0 aromatic heterocycles. The minimum atomic E-state index is -0.833. The van der Waals surface area contributed by atoms with Gasteiger partial charge < -0.3 is 20.5 Å². The molecular formula is C14H26N2O3. The van der Waals surface area contributed by atoms with E-state index >= 15 is 0 Å². The average Bonchev–Trinajstić information content (AvgIpc) is 2.37. The van der Waals surface area contributed by atoms with Crippen LogP contribution in [-0.4, -0.2) is 43.9 Å². The number of rotatable bonds is 4. The number of hydrogen-bond donors (Lipinski definition) is 2. The Kier molecular flexibility index (Phi) is 3.91. The molecule has 0 aromatic carbocycles. The van der Waals surface area contributed by atoms with Crippen molar-refractivity contribution < 1.29 is 14.3 Å². The van der Waals surface area contributed by atoms with Gasteiger partial charge in [-0.2, -0.15) is 0 Å². The van der Waals surface area contributed by atoms with Crippen molar-refractivity contribution in [3.8, 4) is 0 Å². The summed E-state index contributed by atoms with van der Waals surface area (Å²) in [5.41, 5.74) is 5.33. The van der Waals surface area contributed by atoms with Gasteiger partial charge in [-0.25, -0.2) is 0 Å². The van der Waals surface area contributed by atoms with Crippen molar-refractivity contribution in [2.75, 3.05) is 20.3 Å². The van der Waals surface area contributed by atoms with Crippen LogP contribution in [0.1, 0.15) is 33.6 Å². The molecule has 3 N–H and O–H groups in total. The fourth-order valence-corrected chi connectivity index (χ4v) is 3.67. The molecule has 1 amide bonds. The van der Waals surface area contributed by atoms with Gasteiger partial charge in [0.1, 0.15) is 5.54 Å². The highest BCUT2D eigenvalue weighted by Gasteiger charge is 2.70. The Morgan fingerprint density at radius 1 is 1.58 bits per heavy atom. The smallest absolute Gasteiger partial charge is 0.241 e. The van der Waals surface area contributed by atoms with Crippen molar-refractivity contribution in [3.05, 3.63) is 0 Å². The molecule has 110 valence electrons. The van der Waals surface area contributed by atoms with Crippen molar-refractivity contribution in [1.82, 2.24) is 5.32 Å². The predicted octanol–water partition coefficient (Wildman–Crippen LogP) is 0.670. The molecule has 1 aliphatic carbocycles. The van der Waals surface area contributed by atoms with E-state index in [9.17, 15) is 4.79 Å². The first-order valence-corrected chi connectivity index (χ1v) is 7.06. The molecule has 1 saturated carbocycles. The van der Waals surface area contributed by atoms with Crippen molar-refractivity contribution in [2.45, 2.75) is 51.3 Å². The highest BCUT2D eigenvalue weighted by Crippen LogP contribution is 2.57. The molecule has 0 radical (unpaired) electrons. The first kappa shape index (κ1) is 14.8. The quantitative estimate of drug-likeness (QED) is 0.787. The van der Waals surface area contributed by atoms with Crippen LogP contribution >= 0.6 is 0 Å². The largest absolute Gasteiger partial charge is 0.383 e. The van der Waals surface area contributed by atoms with Gasteiger partial charge in [0.15, 0.2) is 0 Å². The van der Waals surface area contributed by atoms with E-state index in [2.05, 4.69) is 5.32 Å². The highest BCUT2D eigenvalue weighted by molar-refractivity contribution is 5.89. The van der Waals surface area contributed by atoms with Gasteiger partial charge in [-0.05, 0) is 19.8 Å². The van der Waals surface area contributed by atoms with Crippen LogP contribution in [-0.2, 0) is 14.3 Å². The number of carbonyl (C=O) groups excluding carboxylic acids is 1. The SMILES string of the molecule is COCC(C)NC(=O)C1(N)C2CCCOC2C1(C)C. The Hall–Kier alpha value is -0.650. The molecule has 0 aromatic rings. The molecule has 0 spiro atoms. The van der Waals surface area contributed by atoms with Crippen molar-refractivity contribution in [1.29, 1.82) is 0 Å². The van der Waals surface area contributed by atoms with Crippen LogP contribution in [0.25, 0.3) is 0 Å². The van der Waals surface area contributed by atoms with Gasteiger partial charge in [0.2, 0.25) is 5.91 Å². The topological polar surface area (TPSA) is 73.6 Å². The van der Waals surface area contributed by atoms with Gasteiger partial charge in [0.05, 0.1) is 12.7 Å². The highest BCUT2D eigenvalue weighted by atomic mass is 16.5. The second kappa shape index (κ2) is 5.04. The Morgan fingerprint density at radius 2 is 2.26 bits per heavy atom. The van der Waals surface area contributed by atoms with E-state index in [1.807, 2.05) is 20.8 Å². The van der Waals surface area contributed by atoms with E-state index < -0.39 is 5.54 Å². The summed E-state index contributed by atoms with van der Waals surface area (Å²) < 4.78 is 10.9. The summed E-state index contributed by atoms with van der Waals surface area (Å²) in [4.78, 5) is 12.6. The van der Waals surface area contributed by atoms with Crippen molar-refractivity contribution >= 4 is 5.91 Å². The zero-order valence-corrected chi connectivity index (χ0v) is 12.4. The number of methoxy groups -OCH3 is 1. The zero-order valence-electron chi connectivity index (χ0n) is 12.4. The minimum Gasteiger partial charge on any atom is -0.383 e. The summed E-state index contributed by atoms with van der Waals surface area (Å²) in [6, 6.07) is -0.0303. The summed E-state index contributed by atoms with van der Waals surface area (Å²) in [5.74, 6) is 0.0554. The number of nitrogens with one attached hydrogen (secondary N) is 1. The molecule has 5 heteroatoms. The maximum absolute atomic E-state index is 12.6. The lowest BCUT2D eigenvalue weighted by atomic mass is 9.46. The molecule has 4 atom stereocenters. The maximum atomic E-state index is 12.6. The zero-order chi connectivity index (χ0) is 14.3. The molecule has 2 fully saturated rings. The summed E-state index contributed by atoms with van der Waals surface area (Å²) in [6.45, 7) is 7.25. The van der Waals surface area contributed by atoms with Crippen LogP contribution in [0.5, 0.6) is 0 Å². The predicted molar refractivity (Wildman–Crippen MR) is 72.6 cm³/mol. The normalized spacial score (nSPS) is 37.9. The lowest BCUT2D eigenvalue weighted by molar-refractivity contribution is -0.225. The molecule has 19 heavy (non-hydrogen) atoms. The maximum Gasteiger partial charge on any atom is 0.241 e. The van der Waals surface area contributed by atoms with Gasteiger partial charge in [0.25, 0.3) is 0 Å². The standard InChI is InChI=1S/C14H26N2O3/c1-9(8-18-4)16-12(17)14(15)10-6-5-7-19-11(10)13(14,2)3/h9-11H,5-8,15H2,1-4H3,(H,16,17). The lowest BCUT2D eigenvalue weighted by Crippen LogP contribution is -2.82. The number of nitrogens with two attached hydrogens (primary N) is 1. The lowest BCUT2D eigenvalue weighted by Gasteiger charge is -2.65. The summed E-state index contributed by atoms with van der Waals surface area (Å²) in [6.07, 6.45) is 2.06. The van der Waals surface area contributed by atoms with Crippen LogP contribution in [0.15, 0.2) is 0 Å². The van der Waals surface area contributed by atoms with Crippen molar-refractivity contribution in [3.63, 3.8) is 0 Å². The Morgan fingerprint density at radius 3 is 2.89 bits per heavy atom. The molecule has 1 heterocycles. The van der Waals surface area contributed by atoms with Gasteiger partial charge in [-0.3, -0.25) is 4.79 Å². The molecule has 1 aliphatic heterocycles. The van der Waals surface area contributed by atoms with Crippen LogP contribution < -0.4 is 11.1 Å². The van der Waals surface area contributed by atoms with Crippen LogP contribution in [0.4, 0.5) is 0 Å². The third kappa shape index (κ3) is 2.08. The molecule has 0 bridgehead atoms. The van der Waals surface area contributed by atoms with Gasteiger partial charge in [-0.15, -0.1) is 0 Å².